The maximum absolute atomic E-state index is 4.66. The zero-order valence-electron chi connectivity index (χ0n) is 12.2. The molecule has 2 aromatic rings. The van der Waals surface area contributed by atoms with Crippen LogP contribution in [0, 0.1) is 27.7 Å². The van der Waals surface area contributed by atoms with E-state index in [-0.39, 0.29) is 0 Å². The zero-order chi connectivity index (χ0) is 14.0. The molecule has 0 fully saturated rings. The lowest BCUT2D eigenvalue weighted by Gasteiger charge is -2.15. The van der Waals surface area contributed by atoms with Crippen molar-refractivity contribution in [1.29, 1.82) is 0 Å². The normalized spacial score (nSPS) is 12.9. The van der Waals surface area contributed by atoms with E-state index in [0.29, 0.717) is 6.04 Å². The fraction of sp³-hybridized carbons (Fsp3) is 0.571. The lowest BCUT2D eigenvalue weighted by Crippen LogP contribution is -2.22. The largest absolute Gasteiger partial charge is 0.309 e. The number of hydrogen-bond acceptors (Lipinski definition) is 5. The first-order valence-electron chi connectivity index (χ1n) is 6.61. The number of aryl methyl sites for hydroxylation is 4. The molecule has 5 heteroatoms. The molecule has 0 saturated carbocycles. The second kappa shape index (κ2) is 6.11. The Morgan fingerprint density at radius 2 is 1.79 bits per heavy atom. The molecule has 104 valence electrons. The Balaban J connectivity index is 2.23. The smallest absolute Gasteiger partial charge is 0.0950 e. The van der Waals surface area contributed by atoms with Crippen molar-refractivity contribution in [2.24, 2.45) is 0 Å². The third kappa shape index (κ3) is 3.41. The third-order valence-electron chi connectivity index (χ3n) is 3.16. The zero-order valence-corrected chi connectivity index (χ0v) is 13.8. The average Bonchev–Trinajstić information content (AvgIpc) is 2.82. The molecule has 0 saturated heterocycles. The van der Waals surface area contributed by atoms with Crippen molar-refractivity contribution in [3.63, 3.8) is 0 Å². The van der Waals surface area contributed by atoms with Gasteiger partial charge in [0.1, 0.15) is 0 Å². The van der Waals surface area contributed by atoms with Crippen LogP contribution in [0.3, 0.4) is 0 Å². The SMILES string of the molecule is CCNC(Cc1nc(C)c(C)s1)c1sc(C)nc1C. The third-order valence-corrected chi connectivity index (χ3v) is 5.44. The van der Waals surface area contributed by atoms with Gasteiger partial charge in [-0.3, -0.25) is 0 Å². The summed E-state index contributed by atoms with van der Waals surface area (Å²) in [6, 6.07) is 0.334. The van der Waals surface area contributed by atoms with Gasteiger partial charge in [-0.25, -0.2) is 9.97 Å². The summed E-state index contributed by atoms with van der Waals surface area (Å²) >= 11 is 3.60. The highest BCUT2D eigenvalue weighted by atomic mass is 32.1. The van der Waals surface area contributed by atoms with Gasteiger partial charge in [-0.1, -0.05) is 6.92 Å². The minimum atomic E-state index is 0.334. The number of likely N-dealkylation sites (N-methyl/N-ethyl adjacent to an activating group) is 1. The average molecular weight is 295 g/mol. The first-order chi connectivity index (χ1) is 9.01. The Bertz CT molecular complexity index is 538. The van der Waals surface area contributed by atoms with Crippen LogP contribution in [0.2, 0.25) is 0 Å². The van der Waals surface area contributed by atoms with E-state index in [1.807, 2.05) is 11.3 Å². The van der Waals surface area contributed by atoms with Gasteiger partial charge in [-0.05, 0) is 34.2 Å². The first kappa shape index (κ1) is 14.6. The van der Waals surface area contributed by atoms with Crippen LogP contribution < -0.4 is 5.32 Å². The van der Waals surface area contributed by atoms with E-state index in [2.05, 4.69) is 49.9 Å². The number of rotatable bonds is 5. The molecule has 2 rings (SSSR count). The fourth-order valence-electron chi connectivity index (χ4n) is 2.18. The molecular formula is C14H21N3S2. The van der Waals surface area contributed by atoms with Crippen LogP contribution in [0.1, 0.15) is 44.1 Å². The molecule has 0 aliphatic rings. The Kier molecular flexibility index (Phi) is 4.71. The number of hydrogen-bond donors (Lipinski definition) is 1. The molecular weight excluding hydrogens is 274 g/mol. The van der Waals surface area contributed by atoms with E-state index in [4.69, 9.17) is 0 Å². The minimum Gasteiger partial charge on any atom is -0.309 e. The van der Waals surface area contributed by atoms with Gasteiger partial charge < -0.3 is 5.32 Å². The Morgan fingerprint density at radius 1 is 1.05 bits per heavy atom. The van der Waals surface area contributed by atoms with Crippen LogP contribution in [0.25, 0.3) is 0 Å². The summed E-state index contributed by atoms with van der Waals surface area (Å²) in [6.07, 6.45) is 0.954. The second-order valence-electron chi connectivity index (χ2n) is 4.75. The molecule has 2 heterocycles. The molecule has 1 atom stereocenters. The van der Waals surface area contributed by atoms with Crippen LogP contribution in [0.15, 0.2) is 0 Å². The van der Waals surface area contributed by atoms with E-state index in [0.717, 1.165) is 29.4 Å². The molecule has 1 unspecified atom stereocenters. The van der Waals surface area contributed by atoms with Crippen LogP contribution in [0.5, 0.6) is 0 Å². The highest BCUT2D eigenvalue weighted by Crippen LogP contribution is 2.29. The predicted octanol–water partition coefficient (Wildman–Crippen LogP) is 3.73. The van der Waals surface area contributed by atoms with Crippen molar-refractivity contribution in [3.8, 4) is 0 Å². The summed E-state index contributed by atoms with van der Waals surface area (Å²) in [6.45, 7) is 11.5. The lowest BCUT2D eigenvalue weighted by molar-refractivity contribution is 0.553. The van der Waals surface area contributed by atoms with Crippen molar-refractivity contribution < 1.29 is 0 Å². The fourth-order valence-corrected chi connectivity index (χ4v) is 4.16. The van der Waals surface area contributed by atoms with Crippen LogP contribution in [-0.2, 0) is 6.42 Å². The lowest BCUT2D eigenvalue weighted by atomic mass is 10.1. The Hall–Kier alpha value is -0.780. The van der Waals surface area contributed by atoms with Gasteiger partial charge in [-0.2, -0.15) is 0 Å². The molecule has 0 aliphatic heterocycles. The summed E-state index contributed by atoms with van der Waals surface area (Å²) in [5.41, 5.74) is 2.31. The minimum absolute atomic E-state index is 0.334. The van der Waals surface area contributed by atoms with Gasteiger partial charge >= 0.3 is 0 Å². The van der Waals surface area contributed by atoms with Crippen LogP contribution >= 0.6 is 22.7 Å². The van der Waals surface area contributed by atoms with Crippen LogP contribution in [-0.4, -0.2) is 16.5 Å². The highest BCUT2D eigenvalue weighted by Gasteiger charge is 2.19. The number of aromatic nitrogens is 2. The van der Waals surface area contributed by atoms with Gasteiger partial charge in [0.05, 0.1) is 21.4 Å². The quantitative estimate of drug-likeness (QED) is 0.913. The molecule has 0 radical (unpaired) electrons. The predicted molar refractivity (Wildman–Crippen MR) is 83.3 cm³/mol. The van der Waals surface area contributed by atoms with Gasteiger partial charge in [0.15, 0.2) is 0 Å². The highest BCUT2D eigenvalue weighted by molar-refractivity contribution is 7.12. The van der Waals surface area contributed by atoms with Gasteiger partial charge in [0.25, 0.3) is 0 Å². The maximum atomic E-state index is 4.66. The van der Waals surface area contributed by atoms with E-state index in [1.54, 1.807) is 11.3 Å². The Morgan fingerprint density at radius 3 is 2.26 bits per heavy atom. The molecule has 0 aromatic carbocycles. The molecule has 0 spiro atoms. The Labute approximate surface area is 123 Å². The standard InChI is InChI=1S/C14H21N3S2/c1-6-15-12(14-9(3)16-11(5)19-14)7-13-17-8(2)10(4)18-13/h12,15H,6-7H2,1-5H3. The summed E-state index contributed by atoms with van der Waals surface area (Å²) in [5.74, 6) is 0. The molecule has 0 bridgehead atoms. The number of nitrogens with zero attached hydrogens (tertiary/aromatic N) is 2. The van der Waals surface area contributed by atoms with E-state index in [9.17, 15) is 0 Å². The van der Waals surface area contributed by atoms with Gasteiger partial charge in [-0.15, -0.1) is 22.7 Å². The van der Waals surface area contributed by atoms with Gasteiger partial charge in [0.2, 0.25) is 0 Å². The van der Waals surface area contributed by atoms with E-state index < -0.39 is 0 Å². The van der Waals surface area contributed by atoms with Gasteiger partial charge in [0, 0.05) is 22.2 Å². The molecule has 2 aromatic heterocycles. The molecule has 0 amide bonds. The monoisotopic (exact) mass is 295 g/mol. The van der Waals surface area contributed by atoms with Crippen molar-refractivity contribution in [3.05, 3.63) is 31.2 Å². The summed E-state index contributed by atoms with van der Waals surface area (Å²) in [7, 11) is 0. The maximum Gasteiger partial charge on any atom is 0.0950 e. The molecule has 1 N–H and O–H groups in total. The van der Waals surface area contributed by atoms with Crippen molar-refractivity contribution >= 4 is 22.7 Å². The number of thiazole rings is 2. The number of nitrogens with one attached hydrogen (secondary N) is 1. The topological polar surface area (TPSA) is 37.8 Å². The van der Waals surface area contributed by atoms with Crippen molar-refractivity contribution in [2.75, 3.05) is 6.54 Å². The van der Waals surface area contributed by atoms with Crippen LogP contribution in [0.4, 0.5) is 0 Å². The van der Waals surface area contributed by atoms with Crippen molar-refractivity contribution in [1.82, 2.24) is 15.3 Å². The summed E-state index contributed by atoms with van der Waals surface area (Å²) < 4.78 is 0. The second-order valence-corrected chi connectivity index (χ2v) is 7.27. The molecule has 19 heavy (non-hydrogen) atoms. The summed E-state index contributed by atoms with van der Waals surface area (Å²) in [5, 5.41) is 5.92. The van der Waals surface area contributed by atoms with E-state index in [1.165, 1.54) is 14.8 Å². The van der Waals surface area contributed by atoms with Crippen molar-refractivity contribution in [2.45, 2.75) is 47.1 Å². The first-order valence-corrected chi connectivity index (χ1v) is 8.24. The molecule has 0 aliphatic carbocycles. The van der Waals surface area contributed by atoms with E-state index >= 15 is 0 Å². The molecule has 3 nitrogen and oxygen atoms in total. The summed E-state index contributed by atoms with van der Waals surface area (Å²) in [4.78, 5) is 11.9.